The van der Waals surface area contributed by atoms with Gasteiger partial charge in [-0.2, -0.15) is 0 Å². The number of hydrogen-bond donors (Lipinski definition) is 1. The van der Waals surface area contributed by atoms with Gasteiger partial charge in [0.25, 0.3) is 0 Å². The van der Waals surface area contributed by atoms with Crippen molar-refractivity contribution in [1.82, 2.24) is 9.55 Å². The summed E-state index contributed by atoms with van der Waals surface area (Å²) in [5.41, 5.74) is 6.27. The van der Waals surface area contributed by atoms with Gasteiger partial charge in [0.1, 0.15) is 10.3 Å². The molecule has 0 amide bonds. The Kier molecular flexibility index (Phi) is 3.13. The van der Waals surface area contributed by atoms with Gasteiger partial charge in [0.05, 0.1) is 0 Å². The molecule has 0 unspecified atom stereocenters. The number of nitrogens with zero attached hydrogens (tertiary/aromatic N) is 2. The number of aromatic nitrogens is 2. The highest BCUT2D eigenvalue weighted by Gasteiger charge is 2.20. The van der Waals surface area contributed by atoms with Gasteiger partial charge in [0.2, 0.25) is 5.95 Å². The average molecular weight is 320 g/mol. The maximum atomic E-state index is 4.76. The molecule has 0 saturated carbocycles. The van der Waals surface area contributed by atoms with Crippen LogP contribution in [0.4, 0.5) is 5.95 Å². The van der Waals surface area contributed by atoms with Crippen molar-refractivity contribution in [3.05, 3.63) is 33.4 Å². The lowest BCUT2D eigenvalue weighted by molar-refractivity contribution is 0.618. The molecule has 3 nitrogen and oxygen atoms in total. The molecule has 4 heteroatoms. The second-order valence-corrected chi connectivity index (χ2v) is 5.94. The largest absolute Gasteiger partial charge is 0.356 e. The molecule has 1 aromatic heterocycles. The van der Waals surface area contributed by atoms with Crippen LogP contribution in [0.25, 0.3) is 11.3 Å². The van der Waals surface area contributed by atoms with E-state index in [0.717, 1.165) is 35.8 Å². The molecule has 0 saturated heterocycles. The van der Waals surface area contributed by atoms with Crippen molar-refractivity contribution in [2.24, 2.45) is 0 Å². The summed E-state index contributed by atoms with van der Waals surface area (Å²) in [6.45, 7) is 8.54. The third-order valence-corrected chi connectivity index (χ3v) is 4.86. The average Bonchev–Trinajstić information content (AvgIpc) is 2.74. The quantitative estimate of drug-likeness (QED) is 0.859. The zero-order chi connectivity index (χ0) is 13.6. The van der Waals surface area contributed by atoms with Gasteiger partial charge in [0.15, 0.2) is 0 Å². The van der Waals surface area contributed by atoms with Crippen molar-refractivity contribution in [3.63, 3.8) is 0 Å². The van der Waals surface area contributed by atoms with E-state index in [2.05, 4.69) is 58.7 Å². The Bertz CT molecular complexity index is 643. The molecule has 0 bridgehead atoms. The number of fused-ring (bicyclic) bond motifs is 1. The van der Waals surface area contributed by atoms with E-state index in [9.17, 15) is 0 Å². The zero-order valence-corrected chi connectivity index (χ0v) is 13.1. The van der Waals surface area contributed by atoms with Crippen LogP contribution in [0.15, 0.2) is 16.7 Å². The van der Waals surface area contributed by atoms with E-state index < -0.39 is 0 Å². The number of hydrogen-bond acceptors (Lipinski definition) is 2. The molecule has 1 aromatic carbocycles. The lowest BCUT2D eigenvalue weighted by atomic mass is 9.97. The van der Waals surface area contributed by atoms with Crippen LogP contribution < -0.4 is 5.32 Å². The summed E-state index contributed by atoms with van der Waals surface area (Å²) in [7, 11) is 0. The van der Waals surface area contributed by atoms with E-state index in [1.54, 1.807) is 0 Å². The lowest BCUT2D eigenvalue weighted by Crippen LogP contribution is -2.17. The van der Waals surface area contributed by atoms with Gasteiger partial charge in [0, 0.05) is 18.7 Å². The molecule has 3 rings (SSSR count). The Balaban J connectivity index is 2.18. The minimum atomic E-state index is 0.978. The summed E-state index contributed by atoms with van der Waals surface area (Å²) >= 11 is 3.71. The molecular formula is C15H18BrN3. The van der Waals surface area contributed by atoms with E-state index >= 15 is 0 Å². The highest BCUT2D eigenvalue weighted by molar-refractivity contribution is 9.10. The monoisotopic (exact) mass is 319 g/mol. The number of imidazole rings is 1. The van der Waals surface area contributed by atoms with Crippen LogP contribution >= 0.6 is 15.9 Å². The summed E-state index contributed by atoms with van der Waals surface area (Å²) < 4.78 is 3.30. The Labute approximate surface area is 122 Å². The van der Waals surface area contributed by atoms with Crippen LogP contribution in [0.2, 0.25) is 0 Å². The Morgan fingerprint density at radius 2 is 2.00 bits per heavy atom. The standard InChI is InChI=1S/C15H18BrN3/c1-9-5-6-12(11(3)10(9)2)13-14(16)19-8-4-7-17-15(19)18-13/h5-6H,4,7-8H2,1-3H3,(H,17,18). The van der Waals surface area contributed by atoms with E-state index in [4.69, 9.17) is 4.98 Å². The Morgan fingerprint density at radius 1 is 1.21 bits per heavy atom. The predicted molar refractivity (Wildman–Crippen MR) is 82.7 cm³/mol. The van der Waals surface area contributed by atoms with Gasteiger partial charge in [-0.1, -0.05) is 12.1 Å². The van der Waals surface area contributed by atoms with E-state index in [-0.39, 0.29) is 0 Å². The minimum absolute atomic E-state index is 0.978. The molecular weight excluding hydrogens is 302 g/mol. The number of rotatable bonds is 1. The predicted octanol–water partition coefficient (Wildman–Crippen LogP) is 4.05. The minimum Gasteiger partial charge on any atom is -0.356 e. The lowest BCUT2D eigenvalue weighted by Gasteiger charge is -2.15. The second-order valence-electron chi connectivity index (χ2n) is 5.19. The molecule has 1 aliphatic heterocycles. The molecule has 2 aromatic rings. The molecule has 1 N–H and O–H groups in total. The number of benzene rings is 1. The maximum Gasteiger partial charge on any atom is 0.204 e. The van der Waals surface area contributed by atoms with Gasteiger partial charge in [-0.15, -0.1) is 0 Å². The summed E-state index contributed by atoms with van der Waals surface area (Å²) in [5, 5.41) is 3.36. The highest BCUT2D eigenvalue weighted by atomic mass is 79.9. The van der Waals surface area contributed by atoms with Crippen LogP contribution in [0, 0.1) is 20.8 Å². The number of anilines is 1. The summed E-state index contributed by atoms with van der Waals surface area (Å²) in [4.78, 5) is 4.76. The van der Waals surface area contributed by atoms with Gasteiger partial charge in [-0.25, -0.2) is 4.98 Å². The fourth-order valence-electron chi connectivity index (χ4n) is 2.59. The number of halogens is 1. The summed E-state index contributed by atoms with van der Waals surface area (Å²) in [6.07, 6.45) is 1.15. The Morgan fingerprint density at radius 3 is 2.74 bits per heavy atom. The topological polar surface area (TPSA) is 29.9 Å². The van der Waals surface area contributed by atoms with Crippen molar-refractivity contribution < 1.29 is 0 Å². The molecule has 0 spiro atoms. The summed E-state index contributed by atoms with van der Waals surface area (Å²) in [5.74, 6) is 0.978. The zero-order valence-electron chi connectivity index (χ0n) is 11.5. The van der Waals surface area contributed by atoms with Crippen LogP contribution in [-0.4, -0.2) is 16.1 Å². The smallest absolute Gasteiger partial charge is 0.204 e. The van der Waals surface area contributed by atoms with Crippen molar-refractivity contribution >= 4 is 21.9 Å². The van der Waals surface area contributed by atoms with Gasteiger partial charge in [-0.05, 0) is 59.8 Å². The SMILES string of the molecule is Cc1ccc(-c2nc3n(c2Br)CCCN3)c(C)c1C. The molecule has 0 radical (unpaired) electrons. The number of nitrogens with one attached hydrogen (secondary N) is 1. The second kappa shape index (κ2) is 4.67. The first kappa shape index (κ1) is 12.7. The summed E-state index contributed by atoms with van der Waals surface area (Å²) in [6, 6.07) is 4.35. The van der Waals surface area contributed by atoms with Crippen LogP contribution in [-0.2, 0) is 6.54 Å². The van der Waals surface area contributed by atoms with Crippen molar-refractivity contribution in [2.75, 3.05) is 11.9 Å². The first-order chi connectivity index (χ1) is 9.09. The van der Waals surface area contributed by atoms with Gasteiger partial charge < -0.3 is 9.88 Å². The molecule has 100 valence electrons. The molecule has 0 aliphatic carbocycles. The first-order valence-electron chi connectivity index (χ1n) is 6.66. The fraction of sp³-hybridized carbons (Fsp3) is 0.400. The first-order valence-corrected chi connectivity index (χ1v) is 7.46. The molecule has 19 heavy (non-hydrogen) atoms. The van der Waals surface area contributed by atoms with Gasteiger partial charge >= 0.3 is 0 Å². The van der Waals surface area contributed by atoms with E-state index in [1.807, 2.05) is 0 Å². The fourth-order valence-corrected chi connectivity index (χ4v) is 3.24. The number of aryl methyl sites for hydroxylation is 1. The third kappa shape index (κ3) is 1.98. The van der Waals surface area contributed by atoms with E-state index in [0.29, 0.717) is 0 Å². The highest BCUT2D eigenvalue weighted by Crippen LogP contribution is 2.35. The van der Waals surface area contributed by atoms with Crippen LogP contribution in [0.1, 0.15) is 23.1 Å². The third-order valence-electron chi connectivity index (χ3n) is 4.06. The van der Waals surface area contributed by atoms with Crippen LogP contribution in [0.3, 0.4) is 0 Å². The molecule has 0 atom stereocenters. The van der Waals surface area contributed by atoms with Crippen LogP contribution in [0.5, 0.6) is 0 Å². The van der Waals surface area contributed by atoms with Crippen molar-refractivity contribution in [3.8, 4) is 11.3 Å². The van der Waals surface area contributed by atoms with Crippen molar-refractivity contribution in [1.29, 1.82) is 0 Å². The molecule has 1 aliphatic rings. The van der Waals surface area contributed by atoms with Gasteiger partial charge in [-0.3, -0.25) is 0 Å². The molecule has 2 heterocycles. The Hall–Kier alpha value is -1.29. The van der Waals surface area contributed by atoms with Crippen molar-refractivity contribution in [2.45, 2.75) is 33.7 Å². The van der Waals surface area contributed by atoms with E-state index in [1.165, 1.54) is 22.3 Å². The molecule has 0 fully saturated rings. The maximum absolute atomic E-state index is 4.76. The normalized spacial score (nSPS) is 14.1.